The lowest BCUT2D eigenvalue weighted by atomic mass is 9.78. The normalized spacial score (nSPS) is 11.2. The standard InChI is InChI=1S/C20H25NO/c1-4-14-21-15-16-22-19-12-10-18(11-13-19)20(2,3)17-8-6-5-7-9-17/h4-13,21H,1,14-16H2,2-3H3/p+1. The van der Waals surface area contributed by atoms with Crippen LogP contribution in [0.25, 0.3) is 0 Å². The Hall–Kier alpha value is -2.06. The van der Waals surface area contributed by atoms with E-state index in [1.807, 2.05) is 6.08 Å². The molecule has 2 aromatic rings. The first-order valence-corrected chi connectivity index (χ1v) is 7.86. The van der Waals surface area contributed by atoms with Crippen molar-refractivity contribution in [2.75, 3.05) is 19.7 Å². The monoisotopic (exact) mass is 296 g/mol. The summed E-state index contributed by atoms with van der Waals surface area (Å²) in [5.41, 5.74) is 2.62. The highest BCUT2D eigenvalue weighted by Gasteiger charge is 2.22. The van der Waals surface area contributed by atoms with Gasteiger partial charge in [0.1, 0.15) is 18.9 Å². The van der Waals surface area contributed by atoms with E-state index in [1.54, 1.807) is 0 Å². The van der Waals surface area contributed by atoms with Gasteiger partial charge in [-0.15, -0.1) is 0 Å². The molecule has 0 aliphatic carbocycles. The number of hydrogen-bond acceptors (Lipinski definition) is 1. The fraction of sp³-hybridized carbons (Fsp3) is 0.300. The molecule has 0 aromatic heterocycles. The third kappa shape index (κ3) is 4.22. The molecule has 116 valence electrons. The summed E-state index contributed by atoms with van der Waals surface area (Å²) < 4.78 is 5.76. The Morgan fingerprint density at radius 2 is 1.64 bits per heavy atom. The lowest BCUT2D eigenvalue weighted by Gasteiger charge is -2.26. The van der Waals surface area contributed by atoms with Crippen molar-refractivity contribution in [3.8, 4) is 5.75 Å². The van der Waals surface area contributed by atoms with E-state index in [9.17, 15) is 0 Å². The Balaban J connectivity index is 1.98. The first kappa shape index (κ1) is 16.3. The minimum Gasteiger partial charge on any atom is -0.488 e. The number of nitrogens with two attached hydrogens (primary N) is 1. The summed E-state index contributed by atoms with van der Waals surface area (Å²) in [7, 11) is 0. The Labute approximate surface area is 133 Å². The molecule has 0 fully saturated rings. The molecule has 0 unspecified atom stereocenters. The summed E-state index contributed by atoms with van der Waals surface area (Å²) in [6.45, 7) is 10.8. The van der Waals surface area contributed by atoms with Gasteiger partial charge in [0.05, 0.1) is 6.54 Å². The van der Waals surface area contributed by atoms with E-state index in [0.717, 1.165) is 25.4 Å². The van der Waals surface area contributed by atoms with Crippen LogP contribution < -0.4 is 10.1 Å². The average molecular weight is 296 g/mol. The van der Waals surface area contributed by atoms with Gasteiger partial charge in [-0.3, -0.25) is 0 Å². The maximum Gasteiger partial charge on any atom is 0.137 e. The van der Waals surface area contributed by atoms with Crippen LogP contribution in [0.5, 0.6) is 5.75 Å². The van der Waals surface area contributed by atoms with Crippen molar-refractivity contribution in [1.29, 1.82) is 0 Å². The minimum atomic E-state index is -0.00245. The lowest BCUT2D eigenvalue weighted by Crippen LogP contribution is -2.85. The zero-order valence-corrected chi connectivity index (χ0v) is 13.6. The van der Waals surface area contributed by atoms with Gasteiger partial charge in [-0.2, -0.15) is 0 Å². The molecule has 0 aliphatic rings. The molecule has 0 saturated carbocycles. The molecule has 2 heteroatoms. The van der Waals surface area contributed by atoms with E-state index in [4.69, 9.17) is 4.74 Å². The highest BCUT2D eigenvalue weighted by Crippen LogP contribution is 2.32. The maximum atomic E-state index is 5.76. The van der Waals surface area contributed by atoms with Crippen LogP contribution in [0.1, 0.15) is 25.0 Å². The van der Waals surface area contributed by atoms with Gasteiger partial charge >= 0.3 is 0 Å². The molecule has 2 aromatic carbocycles. The first-order valence-electron chi connectivity index (χ1n) is 7.86. The Kier molecular flexibility index (Phi) is 5.79. The van der Waals surface area contributed by atoms with E-state index >= 15 is 0 Å². The molecule has 0 heterocycles. The summed E-state index contributed by atoms with van der Waals surface area (Å²) in [6, 6.07) is 19.1. The highest BCUT2D eigenvalue weighted by atomic mass is 16.5. The minimum absolute atomic E-state index is 0.00245. The second-order valence-corrected chi connectivity index (χ2v) is 5.97. The summed E-state index contributed by atoms with van der Waals surface area (Å²) in [5.74, 6) is 0.930. The lowest BCUT2D eigenvalue weighted by molar-refractivity contribution is -0.646. The van der Waals surface area contributed by atoms with Gasteiger partial charge in [0.15, 0.2) is 0 Å². The Bertz CT molecular complexity index is 572. The Morgan fingerprint density at radius 1 is 1.00 bits per heavy atom. The van der Waals surface area contributed by atoms with Gasteiger partial charge in [-0.05, 0) is 29.3 Å². The Morgan fingerprint density at radius 3 is 2.27 bits per heavy atom. The van der Waals surface area contributed by atoms with Gasteiger partial charge in [0.25, 0.3) is 0 Å². The third-order valence-electron chi connectivity index (χ3n) is 4.00. The van der Waals surface area contributed by atoms with Crippen LogP contribution in [0.3, 0.4) is 0 Å². The van der Waals surface area contributed by atoms with E-state index in [2.05, 4.69) is 80.3 Å². The van der Waals surface area contributed by atoms with Gasteiger partial charge in [0.2, 0.25) is 0 Å². The van der Waals surface area contributed by atoms with Gasteiger partial charge in [-0.1, -0.05) is 62.9 Å². The van der Waals surface area contributed by atoms with Crippen molar-refractivity contribution in [2.45, 2.75) is 19.3 Å². The highest BCUT2D eigenvalue weighted by molar-refractivity contribution is 5.39. The van der Waals surface area contributed by atoms with Crippen molar-refractivity contribution in [3.63, 3.8) is 0 Å². The molecule has 0 saturated heterocycles. The van der Waals surface area contributed by atoms with Crippen LogP contribution in [0, 0.1) is 0 Å². The number of rotatable bonds is 8. The van der Waals surface area contributed by atoms with Crippen LogP contribution in [0.4, 0.5) is 0 Å². The van der Waals surface area contributed by atoms with Crippen LogP contribution in [0.2, 0.25) is 0 Å². The largest absolute Gasteiger partial charge is 0.488 e. The van der Waals surface area contributed by atoms with E-state index in [0.29, 0.717) is 0 Å². The summed E-state index contributed by atoms with van der Waals surface area (Å²) >= 11 is 0. The smallest absolute Gasteiger partial charge is 0.137 e. The fourth-order valence-corrected chi connectivity index (χ4v) is 2.49. The third-order valence-corrected chi connectivity index (χ3v) is 4.00. The molecule has 0 bridgehead atoms. The molecule has 2 N–H and O–H groups in total. The molecule has 2 nitrogen and oxygen atoms in total. The van der Waals surface area contributed by atoms with E-state index < -0.39 is 0 Å². The quantitative estimate of drug-likeness (QED) is 0.588. The predicted octanol–water partition coefficient (Wildman–Crippen LogP) is 3.14. The van der Waals surface area contributed by atoms with Crippen LogP contribution >= 0.6 is 0 Å². The molecular weight excluding hydrogens is 270 g/mol. The zero-order chi connectivity index (χ0) is 15.8. The van der Waals surface area contributed by atoms with Gasteiger partial charge in [-0.25, -0.2) is 0 Å². The van der Waals surface area contributed by atoms with Crippen molar-refractivity contribution >= 4 is 0 Å². The van der Waals surface area contributed by atoms with Crippen molar-refractivity contribution in [2.24, 2.45) is 0 Å². The van der Waals surface area contributed by atoms with Crippen molar-refractivity contribution < 1.29 is 10.1 Å². The van der Waals surface area contributed by atoms with Crippen LogP contribution in [-0.4, -0.2) is 19.7 Å². The van der Waals surface area contributed by atoms with Crippen LogP contribution in [-0.2, 0) is 5.41 Å². The number of benzene rings is 2. The molecule has 0 atom stereocenters. The predicted molar refractivity (Wildman–Crippen MR) is 92.4 cm³/mol. The number of hydrogen-bond donors (Lipinski definition) is 1. The maximum absolute atomic E-state index is 5.76. The fourth-order valence-electron chi connectivity index (χ4n) is 2.49. The topological polar surface area (TPSA) is 25.8 Å². The number of ether oxygens (including phenoxy) is 1. The molecule has 0 aliphatic heterocycles. The van der Waals surface area contributed by atoms with Crippen molar-refractivity contribution in [3.05, 3.63) is 78.4 Å². The molecule has 22 heavy (non-hydrogen) atoms. The summed E-state index contributed by atoms with van der Waals surface area (Å²) in [4.78, 5) is 0. The molecule has 0 radical (unpaired) electrons. The van der Waals surface area contributed by atoms with Crippen LogP contribution in [0.15, 0.2) is 67.3 Å². The first-order chi connectivity index (χ1) is 10.6. The average Bonchev–Trinajstić information content (AvgIpc) is 2.56. The summed E-state index contributed by atoms with van der Waals surface area (Å²) in [6.07, 6.45) is 1.90. The second kappa shape index (κ2) is 7.81. The second-order valence-electron chi connectivity index (χ2n) is 5.97. The molecular formula is C20H26NO+. The van der Waals surface area contributed by atoms with Gasteiger partial charge < -0.3 is 10.1 Å². The molecule has 2 rings (SSSR count). The van der Waals surface area contributed by atoms with Crippen molar-refractivity contribution in [1.82, 2.24) is 0 Å². The zero-order valence-electron chi connectivity index (χ0n) is 13.6. The SMILES string of the molecule is C=CC[NH2+]CCOc1ccc(C(C)(C)c2ccccc2)cc1. The molecule has 0 spiro atoms. The van der Waals surface area contributed by atoms with Gasteiger partial charge in [0, 0.05) is 5.41 Å². The summed E-state index contributed by atoms with van der Waals surface area (Å²) in [5, 5.41) is 2.18. The van der Waals surface area contributed by atoms with E-state index in [-0.39, 0.29) is 5.41 Å². The number of quaternary nitrogens is 1. The molecule has 0 amide bonds. The van der Waals surface area contributed by atoms with E-state index in [1.165, 1.54) is 11.1 Å².